The van der Waals surface area contributed by atoms with Crippen LogP contribution >= 0.6 is 0 Å². The van der Waals surface area contributed by atoms with Crippen LogP contribution in [0.1, 0.15) is 40.0 Å². The largest absolute Gasteiger partial charge is 0.478 e. The molecule has 1 aliphatic rings. The number of rotatable bonds is 7. The summed E-state index contributed by atoms with van der Waals surface area (Å²) in [4.78, 5) is 17.7. The highest BCUT2D eigenvalue weighted by Gasteiger charge is 2.21. The highest BCUT2D eigenvalue weighted by atomic mass is 16.4. The molecular weight excluding hydrogens is 388 g/mol. The maximum atomic E-state index is 11.4. The average Bonchev–Trinajstić information content (AvgIpc) is 2.82. The maximum absolute atomic E-state index is 11.4. The number of carboxylic acid groups (broad SMARTS) is 1. The van der Waals surface area contributed by atoms with Crippen molar-refractivity contribution in [2.75, 3.05) is 30.4 Å². The lowest BCUT2D eigenvalue weighted by atomic mass is 9.93. The van der Waals surface area contributed by atoms with Gasteiger partial charge in [0.25, 0.3) is 0 Å². The van der Waals surface area contributed by atoms with Gasteiger partial charge in [-0.05, 0) is 66.4 Å². The molecule has 31 heavy (non-hydrogen) atoms. The monoisotopic (exact) mass is 416 g/mol. The third-order valence-corrected chi connectivity index (χ3v) is 5.95. The highest BCUT2D eigenvalue weighted by molar-refractivity contribution is 5.93. The molecular formula is C25H28N4O2. The quantitative estimate of drug-likeness (QED) is 0.530. The van der Waals surface area contributed by atoms with E-state index in [1.165, 1.54) is 34.6 Å². The summed E-state index contributed by atoms with van der Waals surface area (Å²) in [6.45, 7) is 3.64. The minimum absolute atomic E-state index is 0.105. The van der Waals surface area contributed by atoms with Crippen molar-refractivity contribution < 1.29 is 9.90 Å². The molecule has 4 rings (SSSR count). The van der Waals surface area contributed by atoms with Gasteiger partial charge in [0.2, 0.25) is 0 Å². The Hall–Kier alpha value is -3.38. The van der Waals surface area contributed by atoms with Crippen molar-refractivity contribution in [3.63, 3.8) is 0 Å². The number of hydrogen-bond acceptors (Lipinski definition) is 5. The summed E-state index contributed by atoms with van der Waals surface area (Å²) in [7, 11) is 2.10. The smallest absolute Gasteiger partial charge is 0.337 e. The van der Waals surface area contributed by atoms with Crippen LogP contribution < -0.4 is 15.5 Å². The van der Waals surface area contributed by atoms with Crippen molar-refractivity contribution >= 4 is 23.0 Å². The summed E-state index contributed by atoms with van der Waals surface area (Å²) in [5.74, 6) is -0.957. The Labute approximate surface area is 182 Å². The number of aromatic carboxylic acids is 1. The molecule has 6 nitrogen and oxygen atoms in total. The lowest BCUT2D eigenvalue weighted by Crippen LogP contribution is -2.34. The average molecular weight is 417 g/mol. The van der Waals surface area contributed by atoms with Gasteiger partial charge in [-0.25, -0.2) is 4.79 Å². The number of benzene rings is 2. The second-order valence-electron chi connectivity index (χ2n) is 7.83. The third kappa shape index (κ3) is 4.54. The van der Waals surface area contributed by atoms with Crippen LogP contribution in [0.4, 0.5) is 17.1 Å². The first kappa shape index (κ1) is 20.9. The minimum atomic E-state index is -0.957. The molecule has 0 saturated heterocycles. The van der Waals surface area contributed by atoms with Crippen LogP contribution in [0.3, 0.4) is 0 Å². The number of anilines is 3. The van der Waals surface area contributed by atoms with Crippen molar-refractivity contribution in [2.24, 2.45) is 0 Å². The van der Waals surface area contributed by atoms with E-state index in [4.69, 9.17) is 0 Å². The van der Waals surface area contributed by atoms with E-state index in [1.807, 2.05) is 0 Å². The molecule has 2 heterocycles. The van der Waals surface area contributed by atoms with Crippen molar-refractivity contribution in [2.45, 2.75) is 25.8 Å². The van der Waals surface area contributed by atoms with Crippen LogP contribution in [0.25, 0.3) is 0 Å². The molecule has 2 aromatic carbocycles. The molecule has 0 spiro atoms. The van der Waals surface area contributed by atoms with E-state index < -0.39 is 5.97 Å². The molecule has 1 aliphatic heterocycles. The number of aryl methyl sites for hydroxylation is 1. The van der Waals surface area contributed by atoms with Crippen LogP contribution in [-0.4, -0.2) is 36.2 Å². The predicted molar refractivity (Wildman–Crippen MR) is 124 cm³/mol. The van der Waals surface area contributed by atoms with E-state index in [1.54, 1.807) is 6.20 Å². The Morgan fingerprint density at radius 2 is 1.97 bits per heavy atom. The van der Waals surface area contributed by atoms with Crippen molar-refractivity contribution in [1.82, 2.24) is 10.3 Å². The first-order valence-electron chi connectivity index (χ1n) is 10.7. The molecule has 0 aliphatic carbocycles. The summed E-state index contributed by atoms with van der Waals surface area (Å²) in [6, 6.07) is 16.9. The normalized spacial score (nSPS) is 15.2. The number of nitrogens with one attached hydrogen (secondary N) is 2. The van der Waals surface area contributed by atoms with Crippen molar-refractivity contribution in [3.05, 3.63) is 83.2 Å². The second-order valence-corrected chi connectivity index (χ2v) is 7.83. The molecule has 0 amide bonds. The zero-order valence-electron chi connectivity index (χ0n) is 17.9. The van der Waals surface area contributed by atoms with Gasteiger partial charge >= 0.3 is 5.97 Å². The van der Waals surface area contributed by atoms with Crippen LogP contribution in [0, 0.1) is 0 Å². The van der Waals surface area contributed by atoms with E-state index in [2.05, 4.69) is 77.0 Å². The van der Waals surface area contributed by atoms with Crippen LogP contribution in [-0.2, 0) is 12.8 Å². The molecule has 1 atom stereocenters. The van der Waals surface area contributed by atoms with Crippen LogP contribution in [0.2, 0.25) is 0 Å². The number of nitrogens with zero attached hydrogens (tertiary/aromatic N) is 2. The van der Waals surface area contributed by atoms with E-state index in [-0.39, 0.29) is 11.6 Å². The molecule has 1 unspecified atom stereocenters. The predicted octanol–water partition coefficient (Wildman–Crippen LogP) is 4.41. The molecule has 1 aromatic heterocycles. The lowest BCUT2D eigenvalue weighted by Gasteiger charge is -2.29. The Balaban J connectivity index is 1.51. The first-order valence-corrected chi connectivity index (χ1v) is 10.7. The van der Waals surface area contributed by atoms with Gasteiger partial charge in [-0.15, -0.1) is 0 Å². The molecule has 0 saturated carbocycles. The number of fused-ring (bicyclic) bond motifs is 1. The summed E-state index contributed by atoms with van der Waals surface area (Å²) in [6.07, 6.45) is 5.07. The van der Waals surface area contributed by atoms with E-state index in [9.17, 15) is 9.90 Å². The summed E-state index contributed by atoms with van der Waals surface area (Å²) in [5.41, 5.74) is 7.01. The third-order valence-electron chi connectivity index (χ3n) is 5.95. The Kier molecular flexibility index (Phi) is 6.18. The van der Waals surface area contributed by atoms with Gasteiger partial charge in [-0.1, -0.05) is 25.1 Å². The molecule has 0 fully saturated rings. The second kappa shape index (κ2) is 9.18. The summed E-state index contributed by atoms with van der Waals surface area (Å²) >= 11 is 0. The Bertz CT molecular complexity index is 1070. The summed E-state index contributed by atoms with van der Waals surface area (Å²) in [5, 5.41) is 16.2. The van der Waals surface area contributed by atoms with Gasteiger partial charge in [0, 0.05) is 37.2 Å². The Morgan fingerprint density at radius 3 is 2.71 bits per heavy atom. The fourth-order valence-electron chi connectivity index (χ4n) is 4.07. The SMILES string of the molecule is CCc1ccc(N(C)c2ccc3c(c2)CCNC3CNc2cnccc2C(=O)O)cc1. The van der Waals surface area contributed by atoms with Crippen LogP contribution in [0.5, 0.6) is 0 Å². The van der Waals surface area contributed by atoms with Gasteiger partial charge in [-0.2, -0.15) is 0 Å². The molecule has 3 N–H and O–H groups in total. The number of carboxylic acids is 1. The van der Waals surface area contributed by atoms with Crippen molar-refractivity contribution in [3.8, 4) is 0 Å². The zero-order valence-corrected chi connectivity index (χ0v) is 17.9. The number of hydrogen-bond donors (Lipinski definition) is 3. The molecule has 3 aromatic rings. The number of aromatic nitrogens is 1. The topological polar surface area (TPSA) is 77.5 Å². The molecule has 0 bridgehead atoms. The maximum Gasteiger partial charge on any atom is 0.337 e. The van der Waals surface area contributed by atoms with Crippen LogP contribution in [0.15, 0.2) is 60.9 Å². The van der Waals surface area contributed by atoms with E-state index >= 15 is 0 Å². The molecule has 0 radical (unpaired) electrons. The van der Waals surface area contributed by atoms with Crippen molar-refractivity contribution in [1.29, 1.82) is 0 Å². The van der Waals surface area contributed by atoms with Gasteiger partial charge in [0.05, 0.1) is 17.4 Å². The standard InChI is InChI=1S/C25H28N4O2/c1-3-17-4-6-19(7-5-17)29(2)20-8-9-21-18(14-20)10-13-27-24(21)16-28-23-15-26-12-11-22(23)25(30)31/h4-9,11-12,14-15,24,27-28H,3,10,13,16H2,1-2H3,(H,30,31). The highest BCUT2D eigenvalue weighted by Crippen LogP contribution is 2.31. The Morgan fingerprint density at radius 1 is 1.19 bits per heavy atom. The minimum Gasteiger partial charge on any atom is -0.478 e. The lowest BCUT2D eigenvalue weighted by molar-refractivity contribution is 0.0697. The molecule has 6 heteroatoms. The number of pyridine rings is 1. The van der Waals surface area contributed by atoms with Gasteiger partial charge in [0.15, 0.2) is 0 Å². The van der Waals surface area contributed by atoms with Gasteiger partial charge < -0.3 is 20.6 Å². The van der Waals surface area contributed by atoms with E-state index in [0.29, 0.717) is 12.2 Å². The fraction of sp³-hybridized carbons (Fsp3) is 0.280. The van der Waals surface area contributed by atoms with Gasteiger partial charge in [0.1, 0.15) is 0 Å². The molecule has 160 valence electrons. The first-order chi connectivity index (χ1) is 15.1. The zero-order chi connectivity index (χ0) is 21.8. The van der Waals surface area contributed by atoms with E-state index in [0.717, 1.165) is 25.1 Å². The van der Waals surface area contributed by atoms with Gasteiger partial charge in [-0.3, -0.25) is 4.98 Å². The fourth-order valence-corrected chi connectivity index (χ4v) is 4.07. The summed E-state index contributed by atoms with van der Waals surface area (Å²) < 4.78 is 0. The number of carbonyl (C=O) groups is 1.